The van der Waals surface area contributed by atoms with E-state index in [0.717, 1.165) is 27.1 Å². The van der Waals surface area contributed by atoms with Gasteiger partial charge in [-0.1, -0.05) is 27.5 Å². The summed E-state index contributed by atoms with van der Waals surface area (Å²) in [5, 5.41) is 3.30. The first-order valence-electron chi connectivity index (χ1n) is 6.09. The number of hydrogen-bond donors (Lipinski definition) is 1. The molecule has 0 bridgehead atoms. The number of hydrogen-bond acceptors (Lipinski definition) is 2. The highest BCUT2D eigenvalue weighted by molar-refractivity contribution is 9.10. The van der Waals surface area contributed by atoms with Crippen molar-refractivity contribution in [1.29, 1.82) is 0 Å². The molecule has 0 aliphatic carbocycles. The van der Waals surface area contributed by atoms with Crippen molar-refractivity contribution < 1.29 is 4.79 Å². The lowest BCUT2D eigenvalue weighted by atomic mass is 10.1. The molecule has 0 aliphatic rings. The Balaban J connectivity index is 2.35. The first-order valence-corrected chi connectivity index (χ1v) is 7.27. The molecule has 0 spiro atoms. The number of amides is 1. The molecule has 0 saturated heterocycles. The number of nitrogens with one attached hydrogen (secondary N) is 1. The molecule has 3 nitrogen and oxygen atoms in total. The molecule has 0 radical (unpaired) electrons. The number of aromatic nitrogens is 1. The molecule has 20 heavy (non-hydrogen) atoms. The molecular formula is C15H14BrClN2O. The minimum atomic E-state index is -0.242. The second kappa shape index (κ2) is 5.94. The fraction of sp³-hybridized carbons (Fsp3) is 0.200. The van der Waals surface area contributed by atoms with E-state index >= 15 is 0 Å². The molecule has 1 aromatic carbocycles. The Bertz CT molecular complexity index is 663. The molecular weight excluding hydrogens is 340 g/mol. The second-order valence-corrected chi connectivity index (χ2v) is 5.94. The number of nitrogens with zero attached hydrogens (tertiary/aromatic N) is 1. The van der Waals surface area contributed by atoms with Crippen LogP contribution in [-0.2, 0) is 0 Å². The van der Waals surface area contributed by atoms with Crippen molar-refractivity contribution in [3.05, 3.63) is 56.3 Å². The van der Waals surface area contributed by atoms with Crippen LogP contribution >= 0.6 is 27.5 Å². The van der Waals surface area contributed by atoms with Crippen molar-refractivity contribution in [2.75, 3.05) is 5.32 Å². The van der Waals surface area contributed by atoms with E-state index in [-0.39, 0.29) is 5.91 Å². The summed E-state index contributed by atoms with van der Waals surface area (Å²) in [5.74, 6) is -0.242. The number of rotatable bonds is 2. The van der Waals surface area contributed by atoms with E-state index in [9.17, 15) is 4.79 Å². The Hall–Kier alpha value is -1.39. The topological polar surface area (TPSA) is 42.0 Å². The van der Waals surface area contributed by atoms with E-state index in [2.05, 4.69) is 26.2 Å². The highest BCUT2D eigenvalue weighted by Gasteiger charge is 2.14. The largest absolute Gasteiger partial charge is 0.320 e. The van der Waals surface area contributed by atoms with Gasteiger partial charge in [-0.25, -0.2) is 0 Å². The van der Waals surface area contributed by atoms with Crippen molar-refractivity contribution in [2.45, 2.75) is 20.8 Å². The van der Waals surface area contributed by atoms with Gasteiger partial charge >= 0.3 is 0 Å². The van der Waals surface area contributed by atoms with E-state index in [0.29, 0.717) is 10.6 Å². The maximum absolute atomic E-state index is 12.3. The predicted molar refractivity (Wildman–Crippen MR) is 85.6 cm³/mol. The molecule has 2 rings (SSSR count). The summed E-state index contributed by atoms with van der Waals surface area (Å²) in [6.45, 7) is 5.74. The Morgan fingerprint density at radius 3 is 2.60 bits per heavy atom. The Labute approximate surface area is 131 Å². The van der Waals surface area contributed by atoms with Gasteiger partial charge < -0.3 is 5.32 Å². The van der Waals surface area contributed by atoms with Gasteiger partial charge in [-0.2, -0.15) is 0 Å². The highest BCUT2D eigenvalue weighted by Crippen LogP contribution is 2.24. The monoisotopic (exact) mass is 352 g/mol. The van der Waals surface area contributed by atoms with Crippen LogP contribution in [0.2, 0.25) is 5.02 Å². The predicted octanol–water partition coefficient (Wildman–Crippen LogP) is 4.68. The Morgan fingerprint density at radius 2 is 1.95 bits per heavy atom. The first kappa shape index (κ1) is 15.0. The van der Waals surface area contributed by atoms with Gasteiger partial charge in [0.25, 0.3) is 5.91 Å². The van der Waals surface area contributed by atoms with E-state index in [4.69, 9.17) is 11.6 Å². The van der Waals surface area contributed by atoms with Crippen LogP contribution in [0.25, 0.3) is 0 Å². The fourth-order valence-corrected chi connectivity index (χ4v) is 2.63. The van der Waals surface area contributed by atoms with Gasteiger partial charge in [-0.3, -0.25) is 9.78 Å². The van der Waals surface area contributed by atoms with Crippen LogP contribution in [0.15, 0.2) is 28.7 Å². The summed E-state index contributed by atoms with van der Waals surface area (Å²) in [4.78, 5) is 16.7. The van der Waals surface area contributed by atoms with E-state index in [1.807, 2.05) is 26.8 Å². The summed E-state index contributed by atoms with van der Waals surface area (Å²) >= 11 is 9.40. The minimum Gasteiger partial charge on any atom is -0.320 e. The number of benzene rings is 1. The average molecular weight is 354 g/mol. The van der Waals surface area contributed by atoms with Gasteiger partial charge in [0.15, 0.2) is 0 Å². The normalized spacial score (nSPS) is 10.4. The van der Waals surface area contributed by atoms with Crippen LogP contribution in [0.5, 0.6) is 0 Å². The summed E-state index contributed by atoms with van der Waals surface area (Å²) in [7, 11) is 0. The zero-order chi connectivity index (χ0) is 14.9. The van der Waals surface area contributed by atoms with Crippen molar-refractivity contribution in [1.82, 2.24) is 4.98 Å². The lowest BCUT2D eigenvalue weighted by molar-refractivity contribution is 0.102. The lowest BCUT2D eigenvalue weighted by Crippen LogP contribution is -2.15. The second-order valence-electron chi connectivity index (χ2n) is 4.62. The van der Waals surface area contributed by atoms with Gasteiger partial charge in [0, 0.05) is 10.2 Å². The summed E-state index contributed by atoms with van der Waals surface area (Å²) in [5.41, 5.74) is 3.87. The molecule has 2 aromatic rings. The third-order valence-corrected chi connectivity index (χ3v) is 3.76. The van der Waals surface area contributed by atoms with Crippen LogP contribution in [0.4, 0.5) is 5.69 Å². The van der Waals surface area contributed by atoms with Crippen molar-refractivity contribution in [2.24, 2.45) is 0 Å². The molecule has 1 amide bonds. The minimum absolute atomic E-state index is 0.242. The van der Waals surface area contributed by atoms with Crippen molar-refractivity contribution in [3.63, 3.8) is 0 Å². The number of anilines is 1. The van der Waals surface area contributed by atoms with Gasteiger partial charge in [0.2, 0.25) is 0 Å². The molecule has 0 saturated carbocycles. The zero-order valence-electron chi connectivity index (χ0n) is 11.4. The number of pyridine rings is 1. The van der Waals surface area contributed by atoms with E-state index in [1.54, 1.807) is 18.2 Å². The van der Waals surface area contributed by atoms with Crippen LogP contribution in [0, 0.1) is 20.8 Å². The average Bonchev–Trinajstić information content (AvgIpc) is 2.36. The first-order chi connectivity index (χ1) is 9.38. The molecule has 1 N–H and O–H groups in total. The molecule has 0 fully saturated rings. The van der Waals surface area contributed by atoms with Crippen LogP contribution in [0.1, 0.15) is 27.3 Å². The quantitative estimate of drug-likeness (QED) is 0.852. The van der Waals surface area contributed by atoms with E-state index in [1.165, 1.54) is 0 Å². The molecule has 1 aromatic heterocycles. The van der Waals surface area contributed by atoms with Crippen molar-refractivity contribution in [3.8, 4) is 0 Å². The Morgan fingerprint density at radius 1 is 1.25 bits per heavy atom. The third kappa shape index (κ3) is 3.19. The number of carbonyl (C=O) groups excluding carboxylic acids is 1. The number of halogens is 2. The van der Waals surface area contributed by atoms with Crippen LogP contribution in [0.3, 0.4) is 0 Å². The molecule has 104 valence electrons. The molecule has 0 atom stereocenters. The fourth-order valence-electron chi connectivity index (χ4n) is 2.06. The maximum atomic E-state index is 12.3. The lowest BCUT2D eigenvalue weighted by Gasteiger charge is -2.12. The number of aryl methyl sites for hydroxylation is 3. The molecule has 5 heteroatoms. The van der Waals surface area contributed by atoms with Crippen LogP contribution in [-0.4, -0.2) is 10.9 Å². The highest BCUT2D eigenvalue weighted by atomic mass is 79.9. The summed E-state index contributed by atoms with van der Waals surface area (Å²) < 4.78 is 0.808. The SMILES string of the molecule is Cc1cc(C)c(NC(=O)c2cc(Br)ccc2Cl)c(C)n1. The Kier molecular flexibility index (Phi) is 4.45. The standard InChI is InChI=1S/C15H14BrClN2O/c1-8-6-9(2)18-10(3)14(8)19-15(20)12-7-11(16)4-5-13(12)17/h4-7H,1-3H3,(H,19,20). The maximum Gasteiger partial charge on any atom is 0.257 e. The molecule has 0 aliphatic heterocycles. The summed E-state index contributed by atoms with van der Waals surface area (Å²) in [6.07, 6.45) is 0. The van der Waals surface area contributed by atoms with Gasteiger partial charge in [-0.15, -0.1) is 0 Å². The molecule has 0 unspecified atom stereocenters. The van der Waals surface area contributed by atoms with Gasteiger partial charge in [0.05, 0.1) is 22.0 Å². The molecule has 1 heterocycles. The van der Waals surface area contributed by atoms with Crippen molar-refractivity contribution >= 4 is 39.1 Å². The zero-order valence-corrected chi connectivity index (χ0v) is 13.8. The van der Waals surface area contributed by atoms with Gasteiger partial charge in [0.1, 0.15) is 0 Å². The van der Waals surface area contributed by atoms with E-state index < -0.39 is 0 Å². The smallest absolute Gasteiger partial charge is 0.257 e. The summed E-state index contributed by atoms with van der Waals surface area (Å²) in [6, 6.07) is 7.12. The number of carbonyl (C=O) groups is 1. The third-order valence-electron chi connectivity index (χ3n) is 2.94. The van der Waals surface area contributed by atoms with Crippen LogP contribution < -0.4 is 5.32 Å². The van der Waals surface area contributed by atoms with Gasteiger partial charge in [-0.05, 0) is 50.6 Å².